The van der Waals surface area contributed by atoms with Crippen LogP contribution in [0.25, 0.3) is 0 Å². The maximum Gasteiger partial charge on any atom is 0.118 e. The molecule has 92 valence electrons. The summed E-state index contributed by atoms with van der Waals surface area (Å²) >= 11 is 3.87. The second kappa shape index (κ2) is 9.82. The van der Waals surface area contributed by atoms with Crippen LogP contribution < -0.4 is 5.73 Å². The predicted molar refractivity (Wildman–Crippen MR) is 73.8 cm³/mol. The Morgan fingerprint density at radius 1 is 1.00 bits per heavy atom. The molecule has 0 aromatic carbocycles. The Morgan fingerprint density at radius 2 is 1.47 bits per heavy atom. The predicted octanol–water partition coefficient (Wildman–Crippen LogP) is 2.96. The standard InChI is InChI=1S/C11H25NOS2/c1-4-13-11(12,7-9-14-5-2)8-10-15-6-3/h4-10,12H2,1-3H3. The normalized spacial score (nSPS) is 12.0. The van der Waals surface area contributed by atoms with Crippen LogP contribution in [0.3, 0.4) is 0 Å². The maximum atomic E-state index is 6.24. The first kappa shape index (κ1) is 15.6. The fourth-order valence-corrected chi connectivity index (χ4v) is 2.89. The third-order valence-electron chi connectivity index (χ3n) is 2.18. The second-order valence-electron chi connectivity index (χ2n) is 3.39. The molecule has 0 amide bonds. The van der Waals surface area contributed by atoms with E-state index in [9.17, 15) is 0 Å². The quantitative estimate of drug-likeness (QED) is 0.478. The van der Waals surface area contributed by atoms with Crippen LogP contribution in [0.1, 0.15) is 33.6 Å². The van der Waals surface area contributed by atoms with Crippen molar-refractivity contribution in [2.45, 2.75) is 39.3 Å². The molecule has 0 heterocycles. The van der Waals surface area contributed by atoms with Gasteiger partial charge >= 0.3 is 0 Å². The highest BCUT2D eigenvalue weighted by Crippen LogP contribution is 2.20. The molecule has 15 heavy (non-hydrogen) atoms. The van der Waals surface area contributed by atoms with Gasteiger partial charge in [0.1, 0.15) is 5.72 Å². The Kier molecular flexibility index (Phi) is 10.2. The van der Waals surface area contributed by atoms with E-state index in [0.29, 0.717) is 6.61 Å². The molecule has 0 bridgehead atoms. The number of hydrogen-bond acceptors (Lipinski definition) is 4. The Labute approximate surface area is 103 Å². The first-order valence-corrected chi connectivity index (χ1v) is 8.07. The lowest BCUT2D eigenvalue weighted by molar-refractivity contribution is -0.0384. The summed E-state index contributed by atoms with van der Waals surface area (Å²) in [6.07, 6.45) is 1.92. The molecule has 2 N–H and O–H groups in total. The number of rotatable bonds is 10. The van der Waals surface area contributed by atoms with Crippen molar-refractivity contribution in [3.8, 4) is 0 Å². The molecule has 4 heteroatoms. The number of thioether (sulfide) groups is 2. The minimum atomic E-state index is -0.390. The average Bonchev–Trinajstić information content (AvgIpc) is 2.19. The van der Waals surface area contributed by atoms with Gasteiger partial charge in [-0.15, -0.1) is 0 Å². The zero-order chi connectivity index (χ0) is 11.6. The molecular formula is C11H25NOS2. The summed E-state index contributed by atoms with van der Waals surface area (Å²) in [4.78, 5) is 0. The van der Waals surface area contributed by atoms with Crippen molar-refractivity contribution in [3.05, 3.63) is 0 Å². The van der Waals surface area contributed by atoms with Gasteiger partial charge in [0.15, 0.2) is 0 Å². The van der Waals surface area contributed by atoms with E-state index in [1.807, 2.05) is 30.4 Å². The first-order valence-electron chi connectivity index (χ1n) is 5.76. The molecule has 2 nitrogen and oxygen atoms in total. The Balaban J connectivity index is 3.83. The van der Waals surface area contributed by atoms with Crippen molar-refractivity contribution in [1.82, 2.24) is 0 Å². The smallest absolute Gasteiger partial charge is 0.118 e. The summed E-state index contributed by atoms with van der Waals surface area (Å²) < 4.78 is 5.67. The fourth-order valence-electron chi connectivity index (χ4n) is 1.34. The van der Waals surface area contributed by atoms with E-state index in [1.54, 1.807) is 0 Å². The Morgan fingerprint density at radius 3 is 1.80 bits per heavy atom. The monoisotopic (exact) mass is 251 g/mol. The van der Waals surface area contributed by atoms with E-state index < -0.39 is 0 Å². The average molecular weight is 251 g/mol. The third-order valence-corrected chi connectivity index (χ3v) is 3.98. The van der Waals surface area contributed by atoms with Gasteiger partial charge in [0.25, 0.3) is 0 Å². The molecule has 0 fully saturated rings. The third kappa shape index (κ3) is 8.43. The lowest BCUT2D eigenvalue weighted by Gasteiger charge is -2.29. The van der Waals surface area contributed by atoms with Crippen molar-refractivity contribution < 1.29 is 4.74 Å². The van der Waals surface area contributed by atoms with Crippen molar-refractivity contribution >= 4 is 23.5 Å². The molecule has 0 aromatic rings. The fraction of sp³-hybridized carbons (Fsp3) is 1.00. The van der Waals surface area contributed by atoms with Crippen LogP contribution in [0.4, 0.5) is 0 Å². The molecule has 0 aromatic heterocycles. The number of ether oxygens (including phenoxy) is 1. The van der Waals surface area contributed by atoms with E-state index in [-0.39, 0.29) is 5.72 Å². The zero-order valence-corrected chi connectivity index (χ0v) is 11.9. The highest BCUT2D eigenvalue weighted by molar-refractivity contribution is 7.99. The van der Waals surface area contributed by atoms with Crippen LogP contribution in [0.5, 0.6) is 0 Å². The molecule has 0 rings (SSSR count). The van der Waals surface area contributed by atoms with Gasteiger partial charge in [-0.05, 0) is 42.8 Å². The minimum absolute atomic E-state index is 0.390. The van der Waals surface area contributed by atoms with E-state index in [2.05, 4.69) is 13.8 Å². The van der Waals surface area contributed by atoms with Gasteiger partial charge in [-0.2, -0.15) is 23.5 Å². The lowest BCUT2D eigenvalue weighted by atomic mass is 10.1. The summed E-state index contributed by atoms with van der Waals surface area (Å²) in [5.74, 6) is 4.52. The largest absolute Gasteiger partial charge is 0.361 e. The summed E-state index contributed by atoms with van der Waals surface area (Å²) in [5.41, 5.74) is 5.85. The van der Waals surface area contributed by atoms with Crippen LogP contribution >= 0.6 is 23.5 Å². The molecule has 0 aliphatic heterocycles. The number of nitrogens with two attached hydrogens (primary N) is 1. The van der Waals surface area contributed by atoms with Gasteiger partial charge < -0.3 is 10.5 Å². The lowest BCUT2D eigenvalue weighted by Crippen LogP contribution is -2.44. The van der Waals surface area contributed by atoms with Crippen molar-refractivity contribution in [2.24, 2.45) is 5.73 Å². The van der Waals surface area contributed by atoms with Crippen molar-refractivity contribution in [1.29, 1.82) is 0 Å². The van der Waals surface area contributed by atoms with E-state index in [4.69, 9.17) is 10.5 Å². The molecule has 0 unspecified atom stereocenters. The molecule has 0 saturated heterocycles. The van der Waals surface area contributed by atoms with Crippen LogP contribution in [-0.4, -0.2) is 35.3 Å². The van der Waals surface area contributed by atoms with Crippen LogP contribution in [0.2, 0.25) is 0 Å². The summed E-state index contributed by atoms with van der Waals surface area (Å²) in [6.45, 7) is 7.08. The Hall–Kier alpha value is 0.620. The molecule has 0 aliphatic carbocycles. The first-order chi connectivity index (χ1) is 7.18. The van der Waals surface area contributed by atoms with Gasteiger partial charge in [0, 0.05) is 6.61 Å². The highest BCUT2D eigenvalue weighted by atomic mass is 32.2. The Bertz CT molecular complexity index is 135. The van der Waals surface area contributed by atoms with Crippen molar-refractivity contribution in [2.75, 3.05) is 29.6 Å². The maximum absolute atomic E-state index is 6.24. The van der Waals surface area contributed by atoms with E-state index in [0.717, 1.165) is 35.9 Å². The van der Waals surface area contributed by atoms with Gasteiger partial charge in [-0.25, -0.2) is 0 Å². The zero-order valence-electron chi connectivity index (χ0n) is 10.3. The SMILES string of the molecule is CCOC(N)(CCSCC)CCSCC. The van der Waals surface area contributed by atoms with Gasteiger partial charge in [-0.1, -0.05) is 13.8 Å². The number of hydrogen-bond donors (Lipinski definition) is 1. The van der Waals surface area contributed by atoms with Gasteiger partial charge in [-0.3, -0.25) is 0 Å². The minimum Gasteiger partial charge on any atom is -0.361 e. The van der Waals surface area contributed by atoms with Crippen LogP contribution in [-0.2, 0) is 4.74 Å². The molecule has 0 radical (unpaired) electrons. The molecule has 0 aliphatic rings. The van der Waals surface area contributed by atoms with Crippen molar-refractivity contribution in [3.63, 3.8) is 0 Å². The van der Waals surface area contributed by atoms with E-state index in [1.165, 1.54) is 0 Å². The second-order valence-corrected chi connectivity index (χ2v) is 6.18. The topological polar surface area (TPSA) is 35.2 Å². The van der Waals surface area contributed by atoms with Gasteiger partial charge in [0.2, 0.25) is 0 Å². The van der Waals surface area contributed by atoms with Crippen LogP contribution in [0, 0.1) is 0 Å². The van der Waals surface area contributed by atoms with Gasteiger partial charge in [0.05, 0.1) is 0 Å². The summed E-state index contributed by atoms with van der Waals surface area (Å²) in [6, 6.07) is 0. The molecule has 0 saturated carbocycles. The molecular weight excluding hydrogens is 226 g/mol. The summed E-state index contributed by atoms with van der Waals surface area (Å²) in [5, 5.41) is 0. The van der Waals surface area contributed by atoms with Crippen LogP contribution in [0.15, 0.2) is 0 Å². The summed E-state index contributed by atoms with van der Waals surface area (Å²) in [7, 11) is 0. The molecule has 0 atom stereocenters. The highest BCUT2D eigenvalue weighted by Gasteiger charge is 2.24. The van der Waals surface area contributed by atoms with E-state index >= 15 is 0 Å². The molecule has 0 spiro atoms.